The van der Waals surface area contributed by atoms with Gasteiger partial charge in [-0.15, -0.1) is 0 Å². The lowest BCUT2D eigenvalue weighted by Gasteiger charge is -2.24. The topological polar surface area (TPSA) is 45.7 Å². The van der Waals surface area contributed by atoms with E-state index in [1.54, 1.807) is 7.11 Å². The van der Waals surface area contributed by atoms with E-state index in [1.165, 1.54) is 5.56 Å². The largest absolute Gasteiger partial charge is 0.383 e. The third kappa shape index (κ3) is 6.36. The van der Waals surface area contributed by atoms with Crippen molar-refractivity contribution in [2.24, 2.45) is 4.99 Å². The molecule has 0 amide bonds. The van der Waals surface area contributed by atoms with Gasteiger partial charge in [-0.3, -0.25) is 4.99 Å². The molecular weight excluding hydrogens is 286 g/mol. The molecule has 0 unspecified atom stereocenters. The Hall–Kier alpha value is -1.26. The third-order valence-corrected chi connectivity index (χ3v) is 3.45. The van der Waals surface area contributed by atoms with Crippen LogP contribution in [0.1, 0.15) is 26.3 Å². The van der Waals surface area contributed by atoms with Gasteiger partial charge in [0.05, 0.1) is 13.2 Å². The minimum Gasteiger partial charge on any atom is -0.383 e. The van der Waals surface area contributed by atoms with Gasteiger partial charge in [-0.1, -0.05) is 37.6 Å². The van der Waals surface area contributed by atoms with Crippen molar-refractivity contribution in [2.45, 2.75) is 26.2 Å². The lowest BCUT2D eigenvalue weighted by Crippen LogP contribution is -2.40. The Labute approximate surface area is 132 Å². The number of benzene rings is 1. The van der Waals surface area contributed by atoms with Gasteiger partial charge in [-0.2, -0.15) is 0 Å². The highest BCUT2D eigenvalue weighted by Gasteiger charge is 2.20. The van der Waals surface area contributed by atoms with Gasteiger partial charge in [0, 0.05) is 30.6 Å². The molecular formula is C16H26ClN3O. The molecule has 5 heteroatoms. The van der Waals surface area contributed by atoms with Crippen LogP contribution in [-0.4, -0.2) is 39.3 Å². The smallest absolute Gasteiger partial charge is 0.191 e. The summed E-state index contributed by atoms with van der Waals surface area (Å²) < 4.78 is 5.04. The van der Waals surface area contributed by atoms with Gasteiger partial charge in [-0.05, 0) is 24.6 Å². The highest BCUT2D eigenvalue weighted by atomic mass is 35.5. The zero-order valence-corrected chi connectivity index (χ0v) is 14.1. The zero-order valence-electron chi connectivity index (χ0n) is 13.4. The molecule has 118 valence electrons. The Morgan fingerprint density at radius 3 is 2.48 bits per heavy atom. The van der Waals surface area contributed by atoms with E-state index in [2.05, 4.69) is 48.5 Å². The number of ether oxygens (including phenoxy) is 1. The van der Waals surface area contributed by atoms with Crippen LogP contribution in [0.15, 0.2) is 29.3 Å². The van der Waals surface area contributed by atoms with Crippen LogP contribution in [0.2, 0.25) is 5.02 Å². The van der Waals surface area contributed by atoms with Crippen molar-refractivity contribution in [3.05, 3.63) is 34.9 Å². The fourth-order valence-corrected chi connectivity index (χ4v) is 2.01. The summed E-state index contributed by atoms with van der Waals surface area (Å²) in [6.07, 6.45) is 0. The van der Waals surface area contributed by atoms with Crippen LogP contribution in [0.25, 0.3) is 0 Å². The Bertz CT molecular complexity index is 443. The quantitative estimate of drug-likeness (QED) is 0.462. The standard InChI is InChI=1S/C16H26ClN3O/c1-5-18-15(19-10-11-21-4)20-12-16(2,3)13-6-8-14(17)9-7-13/h6-9H,5,10-12H2,1-4H3,(H2,18,19,20). The highest BCUT2D eigenvalue weighted by Crippen LogP contribution is 2.24. The molecule has 0 saturated heterocycles. The summed E-state index contributed by atoms with van der Waals surface area (Å²) in [5, 5.41) is 7.24. The number of hydrogen-bond donors (Lipinski definition) is 2. The van der Waals surface area contributed by atoms with Gasteiger partial charge in [0.15, 0.2) is 5.96 Å². The maximum absolute atomic E-state index is 5.94. The summed E-state index contributed by atoms with van der Waals surface area (Å²) in [6, 6.07) is 7.96. The normalized spacial score (nSPS) is 12.3. The maximum Gasteiger partial charge on any atom is 0.191 e. The molecule has 2 N–H and O–H groups in total. The van der Waals surface area contributed by atoms with Gasteiger partial charge in [0.2, 0.25) is 0 Å². The van der Waals surface area contributed by atoms with E-state index in [0.29, 0.717) is 13.2 Å². The average Bonchev–Trinajstić information content (AvgIpc) is 2.45. The summed E-state index contributed by atoms with van der Waals surface area (Å²) in [4.78, 5) is 4.66. The van der Waals surface area contributed by atoms with E-state index in [1.807, 2.05) is 12.1 Å². The number of guanidine groups is 1. The van der Waals surface area contributed by atoms with E-state index < -0.39 is 0 Å². The van der Waals surface area contributed by atoms with Crippen molar-refractivity contribution in [2.75, 3.05) is 33.4 Å². The van der Waals surface area contributed by atoms with Gasteiger partial charge in [-0.25, -0.2) is 0 Å². The van der Waals surface area contributed by atoms with Crippen LogP contribution in [-0.2, 0) is 10.2 Å². The summed E-state index contributed by atoms with van der Waals surface area (Å²) in [7, 11) is 1.69. The number of halogens is 1. The average molecular weight is 312 g/mol. The Kier molecular flexibility index (Phi) is 7.54. The van der Waals surface area contributed by atoms with E-state index in [9.17, 15) is 0 Å². The van der Waals surface area contributed by atoms with Crippen molar-refractivity contribution in [1.82, 2.24) is 10.6 Å². The SMILES string of the molecule is CCNC(=NCC(C)(C)c1ccc(Cl)cc1)NCCOC. The van der Waals surface area contributed by atoms with Gasteiger partial charge >= 0.3 is 0 Å². The van der Waals surface area contributed by atoms with Crippen LogP contribution in [0.5, 0.6) is 0 Å². The zero-order chi connectivity index (χ0) is 15.7. The van der Waals surface area contributed by atoms with Crippen LogP contribution >= 0.6 is 11.6 Å². The molecule has 4 nitrogen and oxygen atoms in total. The summed E-state index contributed by atoms with van der Waals surface area (Å²) in [6.45, 7) is 9.33. The molecule has 0 saturated carbocycles. The monoisotopic (exact) mass is 311 g/mol. The van der Waals surface area contributed by atoms with E-state index >= 15 is 0 Å². The number of hydrogen-bond acceptors (Lipinski definition) is 2. The maximum atomic E-state index is 5.94. The Morgan fingerprint density at radius 1 is 1.24 bits per heavy atom. The molecule has 0 radical (unpaired) electrons. The number of methoxy groups -OCH3 is 1. The van der Waals surface area contributed by atoms with Crippen molar-refractivity contribution < 1.29 is 4.74 Å². The van der Waals surface area contributed by atoms with Crippen LogP contribution in [0.4, 0.5) is 0 Å². The van der Waals surface area contributed by atoms with E-state index in [0.717, 1.165) is 24.1 Å². The number of rotatable bonds is 7. The summed E-state index contributed by atoms with van der Waals surface area (Å²) in [5.41, 5.74) is 1.18. The number of nitrogens with zero attached hydrogens (tertiary/aromatic N) is 1. The first-order valence-electron chi connectivity index (χ1n) is 7.26. The fraction of sp³-hybridized carbons (Fsp3) is 0.562. The first-order chi connectivity index (χ1) is 9.99. The molecule has 0 atom stereocenters. The molecule has 1 aromatic carbocycles. The van der Waals surface area contributed by atoms with Gasteiger partial charge in [0.25, 0.3) is 0 Å². The van der Waals surface area contributed by atoms with Crippen molar-refractivity contribution in [3.8, 4) is 0 Å². The summed E-state index contributed by atoms with van der Waals surface area (Å²) in [5.74, 6) is 0.816. The van der Waals surface area contributed by atoms with E-state index in [-0.39, 0.29) is 5.41 Å². The van der Waals surface area contributed by atoms with Gasteiger partial charge in [0.1, 0.15) is 0 Å². The molecule has 1 rings (SSSR count). The Morgan fingerprint density at radius 2 is 1.90 bits per heavy atom. The van der Waals surface area contributed by atoms with Crippen molar-refractivity contribution in [3.63, 3.8) is 0 Å². The number of aliphatic imine (C=N–C) groups is 1. The Balaban J connectivity index is 2.69. The van der Waals surface area contributed by atoms with Crippen LogP contribution < -0.4 is 10.6 Å². The third-order valence-electron chi connectivity index (χ3n) is 3.20. The van der Waals surface area contributed by atoms with Crippen molar-refractivity contribution >= 4 is 17.6 Å². The first kappa shape index (κ1) is 17.8. The molecule has 0 bridgehead atoms. The molecule has 0 fully saturated rings. The molecule has 1 aromatic rings. The predicted octanol–water partition coefficient (Wildman–Crippen LogP) is 2.82. The van der Waals surface area contributed by atoms with Crippen molar-refractivity contribution in [1.29, 1.82) is 0 Å². The van der Waals surface area contributed by atoms with Crippen LogP contribution in [0, 0.1) is 0 Å². The molecule has 0 aromatic heterocycles. The van der Waals surface area contributed by atoms with E-state index in [4.69, 9.17) is 16.3 Å². The second-order valence-corrected chi connectivity index (χ2v) is 5.94. The molecule has 0 aliphatic heterocycles. The first-order valence-corrected chi connectivity index (χ1v) is 7.64. The summed E-state index contributed by atoms with van der Waals surface area (Å²) >= 11 is 5.94. The van der Waals surface area contributed by atoms with Gasteiger partial charge < -0.3 is 15.4 Å². The molecule has 0 heterocycles. The predicted molar refractivity (Wildman–Crippen MR) is 90.3 cm³/mol. The highest BCUT2D eigenvalue weighted by molar-refractivity contribution is 6.30. The lowest BCUT2D eigenvalue weighted by molar-refractivity contribution is 0.203. The molecule has 0 spiro atoms. The lowest BCUT2D eigenvalue weighted by atomic mass is 9.85. The minimum atomic E-state index is -0.0474. The second kappa shape index (κ2) is 8.90. The molecule has 21 heavy (non-hydrogen) atoms. The fourth-order valence-electron chi connectivity index (χ4n) is 1.88. The minimum absolute atomic E-state index is 0.0474. The molecule has 0 aliphatic carbocycles. The molecule has 0 aliphatic rings. The second-order valence-electron chi connectivity index (χ2n) is 5.51. The number of nitrogens with one attached hydrogen (secondary N) is 2. The van der Waals surface area contributed by atoms with Crippen LogP contribution in [0.3, 0.4) is 0 Å².